The molecule has 1 N–H and O–H groups in total. The van der Waals surface area contributed by atoms with Gasteiger partial charge in [-0.25, -0.2) is 9.18 Å². The molecule has 0 aliphatic heterocycles. The minimum atomic E-state index is -4.66. The molecular weight excluding hydrogens is 346 g/mol. The summed E-state index contributed by atoms with van der Waals surface area (Å²) in [7, 11) is 0. The first-order chi connectivity index (χ1) is 11.5. The number of halogens is 4. The van der Waals surface area contributed by atoms with Crippen LogP contribution in [0.1, 0.15) is 32.2 Å². The van der Waals surface area contributed by atoms with Crippen LogP contribution in [0.2, 0.25) is 0 Å². The predicted molar refractivity (Wildman–Crippen MR) is 77.8 cm³/mol. The van der Waals surface area contributed by atoms with Crippen LogP contribution in [0.5, 0.6) is 0 Å². The van der Waals surface area contributed by atoms with Crippen LogP contribution in [0.15, 0.2) is 22.7 Å². The average molecular weight is 361 g/mol. The standard InChI is InChI=1S/C15H15F4N3O3/c1-14(2,3)24-13(23)20-7-11-21-12(25-22-11)9-5-4-8(6-10(9)16)15(17,18)19/h4-6H,7H2,1-3H3,(H,20,23). The predicted octanol–water partition coefficient (Wildman–Crippen LogP) is 3.92. The molecule has 0 aliphatic carbocycles. The quantitative estimate of drug-likeness (QED) is 0.839. The van der Waals surface area contributed by atoms with Gasteiger partial charge in [-0.05, 0) is 39.0 Å². The summed E-state index contributed by atoms with van der Waals surface area (Å²) in [6.07, 6.45) is -5.36. The molecule has 2 rings (SSSR count). The Kier molecular flexibility index (Phi) is 5.00. The van der Waals surface area contributed by atoms with E-state index in [2.05, 4.69) is 15.5 Å². The number of ether oxygens (including phenoxy) is 1. The summed E-state index contributed by atoms with van der Waals surface area (Å²) in [5.74, 6) is -1.43. The van der Waals surface area contributed by atoms with Gasteiger partial charge >= 0.3 is 12.3 Å². The molecule has 6 nitrogen and oxygen atoms in total. The van der Waals surface area contributed by atoms with E-state index in [0.29, 0.717) is 12.1 Å². The number of carbonyl (C=O) groups is 1. The van der Waals surface area contributed by atoms with Crippen LogP contribution in [0.4, 0.5) is 22.4 Å². The first-order valence-electron chi connectivity index (χ1n) is 7.12. The number of aromatic nitrogens is 2. The zero-order valence-corrected chi connectivity index (χ0v) is 13.6. The van der Waals surface area contributed by atoms with Crippen molar-refractivity contribution in [1.29, 1.82) is 0 Å². The van der Waals surface area contributed by atoms with Gasteiger partial charge in [-0.3, -0.25) is 0 Å². The Hall–Kier alpha value is -2.65. The second kappa shape index (κ2) is 6.69. The van der Waals surface area contributed by atoms with Crippen molar-refractivity contribution in [2.45, 2.75) is 39.1 Å². The van der Waals surface area contributed by atoms with Crippen molar-refractivity contribution >= 4 is 6.09 Å². The van der Waals surface area contributed by atoms with Crippen LogP contribution in [-0.2, 0) is 17.5 Å². The molecule has 0 spiro atoms. The molecule has 0 aliphatic rings. The number of hydrogen-bond donors (Lipinski definition) is 1. The van der Waals surface area contributed by atoms with E-state index < -0.39 is 29.3 Å². The van der Waals surface area contributed by atoms with Crippen molar-refractivity contribution < 1.29 is 31.6 Å². The van der Waals surface area contributed by atoms with Crippen LogP contribution in [0.3, 0.4) is 0 Å². The van der Waals surface area contributed by atoms with Crippen molar-refractivity contribution in [1.82, 2.24) is 15.5 Å². The van der Waals surface area contributed by atoms with E-state index >= 15 is 0 Å². The van der Waals surface area contributed by atoms with Gasteiger partial charge in [-0.1, -0.05) is 5.16 Å². The van der Waals surface area contributed by atoms with E-state index in [0.717, 1.165) is 6.07 Å². The Bertz CT molecular complexity index is 766. The number of hydrogen-bond acceptors (Lipinski definition) is 5. The van der Waals surface area contributed by atoms with Crippen LogP contribution >= 0.6 is 0 Å². The third-order valence-corrected chi connectivity index (χ3v) is 2.78. The van der Waals surface area contributed by atoms with E-state index in [1.54, 1.807) is 20.8 Å². The second-order valence-electron chi connectivity index (χ2n) is 6.06. The van der Waals surface area contributed by atoms with Crippen LogP contribution in [-0.4, -0.2) is 21.8 Å². The van der Waals surface area contributed by atoms with E-state index in [1.807, 2.05) is 0 Å². The highest BCUT2D eigenvalue weighted by molar-refractivity contribution is 5.67. The highest BCUT2D eigenvalue weighted by Gasteiger charge is 2.31. The van der Waals surface area contributed by atoms with Gasteiger partial charge < -0.3 is 14.6 Å². The third-order valence-electron chi connectivity index (χ3n) is 2.78. The highest BCUT2D eigenvalue weighted by atomic mass is 19.4. The first-order valence-corrected chi connectivity index (χ1v) is 7.12. The van der Waals surface area contributed by atoms with E-state index in [9.17, 15) is 22.4 Å². The van der Waals surface area contributed by atoms with Crippen LogP contribution < -0.4 is 5.32 Å². The van der Waals surface area contributed by atoms with E-state index in [-0.39, 0.29) is 23.8 Å². The lowest BCUT2D eigenvalue weighted by molar-refractivity contribution is -0.137. The summed E-state index contributed by atoms with van der Waals surface area (Å²) >= 11 is 0. The molecule has 10 heteroatoms. The number of rotatable bonds is 3. The SMILES string of the molecule is CC(C)(C)OC(=O)NCc1noc(-c2ccc(C(F)(F)F)cc2F)n1. The highest BCUT2D eigenvalue weighted by Crippen LogP contribution is 2.32. The third kappa shape index (κ3) is 5.16. The van der Waals surface area contributed by atoms with Gasteiger partial charge in [0.05, 0.1) is 17.7 Å². The van der Waals surface area contributed by atoms with E-state index in [1.165, 1.54) is 0 Å². The van der Waals surface area contributed by atoms with Crippen LogP contribution in [0, 0.1) is 5.82 Å². The van der Waals surface area contributed by atoms with Gasteiger partial charge in [0.15, 0.2) is 5.82 Å². The lowest BCUT2D eigenvalue weighted by Crippen LogP contribution is -2.32. The largest absolute Gasteiger partial charge is 0.444 e. The zero-order chi connectivity index (χ0) is 18.8. The fraction of sp³-hybridized carbons (Fsp3) is 0.400. The van der Waals surface area contributed by atoms with Crippen molar-refractivity contribution in [3.8, 4) is 11.5 Å². The lowest BCUT2D eigenvalue weighted by Gasteiger charge is -2.19. The van der Waals surface area contributed by atoms with Gasteiger partial charge in [0, 0.05) is 0 Å². The molecule has 0 atom stereocenters. The minimum Gasteiger partial charge on any atom is -0.444 e. The number of amides is 1. The van der Waals surface area contributed by atoms with Gasteiger partial charge in [0.25, 0.3) is 5.89 Å². The monoisotopic (exact) mass is 361 g/mol. The molecule has 0 fully saturated rings. The molecule has 25 heavy (non-hydrogen) atoms. The number of nitrogens with zero attached hydrogens (tertiary/aromatic N) is 2. The summed E-state index contributed by atoms with van der Waals surface area (Å²) < 4.78 is 61.3. The fourth-order valence-corrected chi connectivity index (χ4v) is 1.77. The Morgan fingerprint density at radius 3 is 2.52 bits per heavy atom. The molecule has 0 bridgehead atoms. The maximum atomic E-state index is 13.9. The smallest absolute Gasteiger partial charge is 0.416 e. The molecule has 0 saturated carbocycles. The first kappa shape index (κ1) is 18.7. The maximum absolute atomic E-state index is 13.9. The number of alkyl halides is 3. The van der Waals surface area contributed by atoms with Crippen LogP contribution in [0.25, 0.3) is 11.5 Å². The molecule has 1 heterocycles. The molecule has 0 unspecified atom stereocenters. The topological polar surface area (TPSA) is 77.2 Å². The van der Waals surface area contributed by atoms with Crippen molar-refractivity contribution in [2.24, 2.45) is 0 Å². The molecule has 1 aromatic carbocycles. The Labute approximate surface area is 140 Å². The van der Waals surface area contributed by atoms with Crippen molar-refractivity contribution in [3.63, 3.8) is 0 Å². The van der Waals surface area contributed by atoms with Gasteiger partial charge in [0.2, 0.25) is 0 Å². The zero-order valence-electron chi connectivity index (χ0n) is 13.6. The number of nitrogens with one attached hydrogen (secondary N) is 1. The van der Waals surface area contributed by atoms with Gasteiger partial charge in [0.1, 0.15) is 11.4 Å². The molecule has 136 valence electrons. The second-order valence-corrected chi connectivity index (χ2v) is 6.06. The molecule has 0 radical (unpaired) electrons. The van der Waals surface area contributed by atoms with Crippen molar-refractivity contribution in [3.05, 3.63) is 35.4 Å². The Balaban J connectivity index is 2.08. The maximum Gasteiger partial charge on any atom is 0.416 e. The number of carbonyl (C=O) groups excluding carboxylic acids is 1. The lowest BCUT2D eigenvalue weighted by atomic mass is 10.1. The summed E-state index contributed by atoms with van der Waals surface area (Å²) in [5.41, 5.74) is -2.08. The Morgan fingerprint density at radius 2 is 1.96 bits per heavy atom. The molecule has 1 amide bonds. The van der Waals surface area contributed by atoms with Crippen molar-refractivity contribution in [2.75, 3.05) is 0 Å². The summed E-state index contributed by atoms with van der Waals surface area (Å²) in [6, 6.07) is 1.95. The summed E-state index contributed by atoms with van der Waals surface area (Å²) in [4.78, 5) is 15.3. The van der Waals surface area contributed by atoms with E-state index in [4.69, 9.17) is 9.26 Å². The normalized spacial score (nSPS) is 12.1. The summed E-state index contributed by atoms with van der Waals surface area (Å²) in [6.45, 7) is 4.91. The summed E-state index contributed by atoms with van der Waals surface area (Å²) in [5, 5.41) is 5.90. The van der Waals surface area contributed by atoms with Gasteiger partial charge in [-0.2, -0.15) is 18.2 Å². The molecule has 2 aromatic rings. The molecular formula is C15H15F4N3O3. The average Bonchev–Trinajstić information content (AvgIpc) is 2.91. The Morgan fingerprint density at radius 1 is 1.28 bits per heavy atom. The molecule has 1 aromatic heterocycles. The minimum absolute atomic E-state index is 0.0140. The van der Waals surface area contributed by atoms with Gasteiger partial charge in [-0.15, -0.1) is 0 Å². The number of alkyl carbamates (subject to hydrolysis) is 1. The fourth-order valence-electron chi connectivity index (χ4n) is 1.77. The molecule has 0 saturated heterocycles. The number of benzene rings is 1.